The minimum atomic E-state index is -0.0170. The van der Waals surface area contributed by atoms with E-state index in [1.165, 1.54) is 0 Å². The van der Waals surface area contributed by atoms with Crippen LogP contribution in [0.5, 0.6) is 0 Å². The molecule has 1 N–H and O–H groups in total. The van der Waals surface area contributed by atoms with E-state index in [2.05, 4.69) is 21.0 Å². The van der Waals surface area contributed by atoms with Crippen molar-refractivity contribution < 1.29 is 4.79 Å². The number of rotatable bonds is 3. The first-order valence-electron chi connectivity index (χ1n) is 8.43. The van der Waals surface area contributed by atoms with E-state index in [0.29, 0.717) is 10.6 Å². The quantitative estimate of drug-likeness (QED) is 0.566. The van der Waals surface area contributed by atoms with Gasteiger partial charge in [-0.25, -0.2) is 4.98 Å². The molecule has 1 aromatic carbocycles. The first-order chi connectivity index (χ1) is 13.0. The summed E-state index contributed by atoms with van der Waals surface area (Å²) >= 11 is 6.10. The summed E-state index contributed by atoms with van der Waals surface area (Å²) in [6, 6.07) is 11.5. The Hall–Kier alpha value is -3.18. The number of pyridine rings is 2. The highest BCUT2D eigenvalue weighted by Crippen LogP contribution is 2.31. The van der Waals surface area contributed by atoms with Crippen LogP contribution in [0.15, 0.2) is 61.2 Å². The molecule has 0 saturated carbocycles. The Morgan fingerprint density at radius 3 is 2.48 bits per heavy atom. The molecule has 0 bridgehead atoms. The van der Waals surface area contributed by atoms with E-state index < -0.39 is 0 Å². The lowest BCUT2D eigenvalue weighted by atomic mass is 10.0. The monoisotopic (exact) mass is 376 g/mol. The highest BCUT2D eigenvalue weighted by Gasteiger charge is 2.11. The minimum Gasteiger partial charge on any atom is -0.346 e. The van der Waals surface area contributed by atoms with Crippen molar-refractivity contribution in [2.24, 2.45) is 0 Å². The Morgan fingerprint density at radius 2 is 1.74 bits per heavy atom. The second kappa shape index (κ2) is 6.85. The lowest BCUT2D eigenvalue weighted by molar-refractivity contribution is 0.0827. The fourth-order valence-corrected chi connectivity index (χ4v) is 3.18. The Labute approximate surface area is 161 Å². The number of halogens is 1. The van der Waals surface area contributed by atoms with Gasteiger partial charge in [0, 0.05) is 66.5 Å². The highest BCUT2D eigenvalue weighted by atomic mass is 35.5. The van der Waals surface area contributed by atoms with Gasteiger partial charge in [0.25, 0.3) is 5.91 Å². The molecule has 134 valence electrons. The molecule has 5 nitrogen and oxygen atoms in total. The van der Waals surface area contributed by atoms with Gasteiger partial charge in [-0.3, -0.25) is 9.78 Å². The number of carbonyl (C=O) groups is 1. The van der Waals surface area contributed by atoms with Crippen molar-refractivity contribution in [3.63, 3.8) is 0 Å². The van der Waals surface area contributed by atoms with Crippen LogP contribution in [0, 0.1) is 0 Å². The Morgan fingerprint density at radius 1 is 1.00 bits per heavy atom. The van der Waals surface area contributed by atoms with Crippen molar-refractivity contribution in [2.45, 2.75) is 0 Å². The number of nitrogens with zero attached hydrogens (tertiary/aromatic N) is 3. The van der Waals surface area contributed by atoms with Crippen LogP contribution in [0.25, 0.3) is 33.3 Å². The summed E-state index contributed by atoms with van der Waals surface area (Å²) in [5.41, 5.74) is 5.37. The van der Waals surface area contributed by atoms with Crippen LogP contribution < -0.4 is 0 Å². The third-order valence-corrected chi connectivity index (χ3v) is 4.63. The Bertz CT molecular complexity index is 1130. The topological polar surface area (TPSA) is 61.9 Å². The zero-order valence-electron chi connectivity index (χ0n) is 14.9. The van der Waals surface area contributed by atoms with Gasteiger partial charge in [0.2, 0.25) is 0 Å². The van der Waals surface area contributed by atoms with Gasteiger partial charge in [-0.05, 0) is 29.8 Å². The van der Waals surface area contributed by atoms with Crippen molar-refractivity contribution in [3.8, 4) is 22.3 Å². The molecular weight excluding hydrogens is 360 g/mol. The largest absolute Gasteiger partial charge is 0.346 e. The number of fused-ring (bicyclic) bond motifs is 1. The first kappa shape index (κ1) is 17.2. The zero-order chi connectivity index (χ0) is 19.0. The average Bonchev–Trinajstić information content (AvgIpc) is 3.10. The van der Waals surface area contributed by atoms with E-state index in [0.717, 1.165) is 33.3 Å². The fraction of sp³-hybridized carbons (Fsp3) is 0.0952. The molecule has 1 amide bonds. The third kappa shape index (κ3) is 3.29. The minimum absolute atomic E-state index is 0.0170. The number of hydrogen-bond acceptors (Lipinski definition) is 3. The van der Waals surface area contributed by atoms with Crippen molar-refractivity contribution in [1.29, 1.82) is 0 Å². The average molecular weight is 377 g/mol. The summed E-state index contributed by atoms with van der Waals surface area (Å²) in [5.74, 6) is -0.0170. The first-order valence-corrected chi connectivity index (χ1v) is 8.81. The molecule has 0 atom stereocenters. The van der Waals surface area contributed by atoms with E-state index in [1.807, 2.05) is 48.9 Å². The van der Waals surface area contributed by atoms with Crippen molar-refractivity contribution in [1.82, 2.24) is 19.9 Å². The van der Waals surface area contributed by atoms with E-state index >= 15 is 0 Å². The van der Waals surface area contributed by atoms with Gasteiger partial charge in [0.05, 0.1) is 5.02 Å². The molecular formula is C21H17ClN4O. The summed E-state index contributed by atoms with van der Waals surface area (Å²) in [4.78, 5) is 25.5. The van der Waals surface area contributed by atoms with E-state index in [4.69, 9.17) is 11.6 Å². The molecule has 0 aliphatic heterocycles. The number of aromatic nitrogens is 3. The van der Waals surface area contributed by atoms with Gasteiger partial charge >= 0.3 is 0 Å². The normalized spacial score (nSPS) is 10.9. The van der Waals surface area contributed by atoms with Crippen LogP contribution in [0.2, 0.25) is 5.02 Å². The molecule has 0 fully saturated rings. The highest BCUT2D eigenvalue weighted by molar-refractivity contribution is 6.31. The maximum Gasteiger partial charge on any atom is 0.253 e. The molecule has 0 spiro atoms. The SMILES string of the molecule is CN(C)C(=O)c1ccc(-c2cncc(-c3c[nH]c4ncc(Cl)cc34)c2)cc1. The van der Waals surface area contributed by atoms with Gasteiger partial charge < -0.3 is 9.88 Å². The summed E-state index contributed by atoms with van der Waals surface area (Å²) in [6.07, 6.45) is 7.16. The lowest BCUT2D eigenvalue weighted by Gasteiger charge is -2.11. The Kier molecular flexibility index (Phi) is 4.38. The zero-order valence-corrected chi connectivity index (χ0v) is 15.7. The lowest BCUT2D eigenvalue weighted by Crippen LogP contribution is -2.21. The second-order valence-electron chi connectivity index (χ2n) is 6.49. The van der Waals surface area contributed by atoms with Gasteiger partial charge in [-0.1, -0.05) is 23.7 Å². The number of H-pyrrole nitrogens is 1. The van der Waals surface area contributed by atoms with Crippen LogP contribution in [0.1, 0.15) is 10.4 Å². The second-order valence-corrected chi connectivity index (χ2v) is 6.93. The number of carbonyl (C=O) groups excluding carboxylic acids is 1. The van der Waals surface area contributed by atoms with Crippen LogP contribution in [0.4, 0.5) is 0 Å². The van der Waals surface area contributed by atoms with Crippen molar-refractivity contribution >= 4 is 28.5 Å². The summed E-state index contributed by atoms with van der Waals surface area (Å²) in [5, 5.41) is 1.54. The van der Waals surface area contributed by atoms with E-state index in [1.54, 1.807) is 25.2 Å². The number of amides is 1. The molecule has 27 heavy (non-hydrogen) atoms. The summed E-state index contributed by atoms with van der Waals surface area (Å²) < 4.78 is 0. The van der Waals surface area contributed by atoms with Crippen LogP contribution in [0.3, 0.4) is 0 Å². The maximum absolute atomic E-state index is 12.0. The standard InChI is InChI=1S/C21H17ClN4O/c1-26(2)21(27)14-5-3-13(4-6-14)15-7-16(10-23-9-15)19-12-25-20-18(19)8-17(22)11-24-20/h3-12H,1-2H3,(H,24,25). The smallest absolute Gasteiger partial charge is 0.253 e. The van der Waals surface area contributed by atoms with Crippen LogP contribution in [-0.2, 0) is 0 Å². The fourth-order valence-electron chi connectivity index (χ4n) is 3.03. The van der Waals surface area contributed by atoms with Gasteiger partial charge in [-0.15, -0.1) is 0 Å². The van der Waals surface area contributed by atoms with Gasteiger partial charge in [0.1, 0.15) is 5.65 Å². The van der Waals surface area contributed by atoms with Crippen LogP contribution >= 0.6 is 11.6 Å². The molecule has 3 heterocycles. The number of nitrogens with one attached hydrogen (secondary N) is 1. The van der Waals surface area contributed by atoms with Gasteiger partial charge in [-0.2, -0.15) is 0 Å². The Balaban J connectivity index is 1.72. The number of aromatic amines is 1. The molecule has 0 saturated heterocycles. The molecule has 3 aromatic heterocycles. The summed E-state index contributed by atoms with van der Waals surface area (Å²) in [6.45, 7) is 0. The van der Waals surface area contributed by atoms with E-state index in [9.17, 15) is 4.79 Å². The van der Waals surface area contributed by atoms with Gasteiger partial charge in [0.15, 0.2) is 0 Å². The van der Waals surface area contributed by atoms with E-state index in [-0.39, 0.29) is 5.91 Å². The molecule has 0 aliphatic carbocycles. The molecule has 4 rings (SSSR count). The molecule has 4 aromatic rings. The molecule has 6 heteroatoms. The predicted molar refractivity (Wildman–Crippen MR) is 108 cm³/mol. The summed E-state index contributed by atoms with van der Waals surface area (Å²) in [7, 11) is 3.48. The molecule has 0 aliphatic rings. The predicted octanol–water partition coefficient (Wildman–Crippen LogP) is 4.65. The number of hydrogen-bond donors (Lipinski definition) is 1. The third-order valence-electron chi connectivity index (χ3n) is 4.42. The van der Waals surface area contributed by atoms with Crippen molar-refractivity contribution in [3.05, 3.63) is 71.8 Å². The maximum atomic E-state index is 12.0. The number of benzene rings is 1. The van der Waals surface area contributed by atoms with Crippen molar-refractivity contribution in [2.75, 3.05) is 14.1 Å². The van der Waals surface area contributed by atoms with Crippen LogP contribution in [-0.4, -0.2) is 39.9 Å². The molecule has 0 radical (unpaired) electrons. The molecule has 0 unspecified atom stereocenters.